The number of likely N-dealkylation sites (tertiary alicyclic amines) is 1. The molecule has 0 spiro atoms. The highest BCUT2D eigenvalue weighted by Gasteiger charge is 2.39. The van der Waals surface area contributed by atoms with E-state index in [2.05, 4.69) is 4.74 Å². The molecule has 2 heterocycles. The highest BCUT2D eigenvalue weighted by Crippen LogP contribution is 2.29. The van der Waals surface area contributed by atoms with Crippen LogP contribution in [0.4, 0.5) is 4.79 Å². The van der Waals surface area contributed by atoms with E-state index in [1.807, 2.05) is 0 Å². The van der Waals surface area contributed by atoms with Gasteiger partial charge in [-0.3, -0.25) is 0 Å². The number of hydrogen-bond donors (Lipinski definition) is 0. The largest absolute Gasteiger partial charge is 0.453 e. The topological polar surface area (TPSA) is 38.8 Å². The van der Waals surface area contributed by atoms with Crippen molar-refractivity contribution in [2.24, 2.45) is 11.8 Å². The Kier molecular flexibility index (Phi) is 1.92. The maximum absolute atomic E-state index is 11.1. The summed E-state index contributed by atoms with van der Waals surface area (Å²) < 4.78 is 9.94. The Morgan fingerprint density at radius 3 is 2.50 bits per heavy atom. The second-order valence-corrected chi connectivity index (χ2v) is 3.43. The first kappa shape index (κ1) is 7.86. The number of amides is 1. The fraction of sp³-hybridized carbons (Fsp3) is 0.875. The fourth-order valence-electron chi connectivity index (χ4n) is 1.97. The van der Waals surface area contributed by atoms with Gasteiger partial charge >= 0.3 is 6.09 Å². The quantitative estimate of drug-likeness (QED) is 0.527. The zero-order chi connectivity index (χ0) is 8.55. The Balaban J connectivity index is 1.94. The summed E-state index contributed by atoms with van der Waals surface area (Å²) in [5, 5.41) is 0. The van der Waals surface area contributed by atoms with Crippen molar-refractivity contribution < 1.29 is 14.3 Å². The SMILES string of the molecule is COC(=O)N1CC2COCC2C1. The maximum Gasteiger partial charge on any atom is 0.409 e. The molecule has 0 bridgehead atoms. The Morgan fingerprint density at radius 1 is 1.42 bits per heavy atom. The molecule has 0 aromatic carbocycles. The number of ether oxygens (including phenoxy) is 2. The minimum atomic E-state index is -0.204. The number of nitrogens with zero attached hydrogens (tertiary/aromatic N) is 1. The Labute approximate surface area is 71.4 Å². The van der Waals surface area contributed by atoms with E-state index in [9.17, 15) is 4.79 Å². The van der Waals surface area contributed by atoms with Crippen LogP contribution in [-0.4, -0.2) is 44.4 Å². The van der Waals surface area contributed by atoms with E-state index in [1.54, 1.807) is 4.90 Å². The lowest BCUT2D eigenvalue weighted by molar-refractivity contribution is 0.116. The molecule has 68 valence electrons. The summed E-state index contributed by atoms with van der Waals surface area (Å²) in [5.74, 6) is 1.09. The van der Waals surface area contributed by atoms with Crippen LogP contribution in [0.25, 0.3) is 0 Å². The molecule has 0 radical (unpaired) electrons. The number of rotatable bonds is 0. The van der Waals surface area contributed by atoms with Crippen LogP contribution in [-0.2, 0) is 9.47 Å². The molecule has 2 fully saturated rings. The standard InChI is InChI=1S/C8H13NO3/c1-11-8(10)9-2-6-4-12-5-7(6)3-9/h6-7H,2-5H2,1H3. The van der Waals surface area contributed by atoms with Gasteiger partial charge in [-0.15, -0.1) is 0 Å². The van der Waals surface area contributed by atoms with Gasteiger partial charge in [-0.25, -0.2) is 4.79 Å². The van der Waals surface area contributed by atoms with Crippen LogP contribution in [0.1, 0.15) is 0 Å². The lowest BCUT2D eigenvalue weighted by Gasteiger charge is -2.14. The first-order chi connectivity index (χ1) is 5.81. The van der Waals surface area contributed by atoms with Crippen molar-refractivity contribution in [3.8, 4) is 0 Å². The number of methoxy groups -OCH3 is 1. The van der Waals surface area contributed by atoms with Crippen LogP contribution in [0.15, 0.2) is 0 Å². The Hall–Kier alpha value is -0.770. The first-order valence-corrected chi connectivity index (χ1v) is 4.22. The Bertz CT molecular complexity index is 183. The zero-order valence-corrected chi connectivity index (χ0v) is 7.16. The van der Waals surface area contributed by atoms with Crippen molar-refractivity contribution >= 4 is 6.09 Å². The van der Waals surface area contributed by atoms with Crippen molar-refractivity contribution in [1.29, 1.82) is 0 Å². The summed E-state index contributed by atoms with van der Waals surface area (Å²) in [6.07, 6.45) is -0.204. The molecule has 2 rings (SSSR count). The van der Waals surface area contributed by atoms with Crippen LogP contribution in [0.5, 0.6) is 0 Å². The molecule has 2 aliphatic heterocycles. The van der Waals surface area contributed by atoms with E-state index >= 15 is 0 Å². The van der Waals surface area contributed by atoms with Crippen molar-refractivity contribution in [2.45, 2.75) is 0 Å². The third kappa shape index (κ3) is 1.16. The van der Waals surface area contributed by atoms with Crippen LogP contribution in [0, 0.1) is 11.8 Å². The van der Waals surface area contributed by atoms with Crippen molar-refractivity contribution in [3.05, 3.63) is 0 Å². The molecule has 2 atom stereocenters. The van der Waals surface area contributed by atoms with Crippen LogP contribution in [0.2, 0.25) is 0 Å². The van der Waals surface area contributed by atoms with Crippen LogP contribution in [0.3, 0.4) is 0 Å². The van der Waals surface area contributed by atoms with Gasteiger partial charge in [0.2, 0.25) is 0 Å². The summed E-state index contributed by atoms with van der Waals surface area (Å²) in [4.78, 5) is 12.9. The third-order valence-electron chi connectivity index (χ3n) is 2.67. The van der Waals surface area contributed by atoms with Gasteiger partial charge in [0.15, 0.2) is 0 Å². The monoisotopic (exact) mass is 171 g/mol. The van der Waals surface area contributed by atoms with Gasteiger partial charge in [0.25, 0.3) is 0 Å². The summed E-state index contributed by atoms with van der Waals surface area (Å²) in [7, 11) is 1.42. The second kappa shape index (κ2) is 2.94. The van der Waals surface area contributed by atoms with Crippen LogP contribution >= 0.6 is 0 Å². The number of carbonyl (C=O) groups excluding carboxylic acids is 1. The molecule has 4 nitrogen and oxygen atoms in total. The predicted molar refractivity (Wildman–Crippen MR) is 41.8 cm³/mol. The molecule has 0 aliphatic carbocycles. The van der Waals surface area contributed by atoms with Crippen molar-refractivity contribution in [2.75, 3.05) is 33.4 Å². The molecule has 1 amide bonds. The van der Waals surface area contributed by atoms with E-state index < -0.39 is 0 Å². The molecule has 2 saturated heterocycles. The number of carbonyl (C=O) groups is 1. The molecule has 0 saturated carbocycles. The summed E-state index contributed by atoms with van der Waals surface area (Å²) >= 11 is 0. The lowest BCUT2D eigenvalue weighted by atomic mass is 10.0. The fourth-order valence-corrected chi connectivity index (χ4v) is 1.97. The van der Waals surface area contributed by atoms with E-state index in [0.717, 1.165) is 26.3 Å². The minimum absolute atomic E-state index is 0.204. The molecule has 0 aromatic rings. The van der Waals surface area contributed by atoms with E-state index in [-0.39, 0.29) is 6.09 Å². The molecule has 0 N–H and O–H groups in total. The maximum atomic E-state index is 11.1. The summed E-state index contributed by atoms with van der Waals surface area (Å²) in [6, 6.07) is 0. The third-order valence-corrected chi connectivity index (χ3v) is 2.67. The van der Waals surface area contributed by atoms with Gasteiger partial charge < -0.3 is 14.4 Å². The molecular formula is C8H13NO3. The average molecular weight is 171 g/mol. The van der Waals surface area contributed by atoms with Gasteiger partial charge in [0, 0.05) is 24.9 Å². The van der Waals surface area contributed by atoms with Gasteiger partial charge in [-0.2, -0.15) is 0 Å². The second-order valence-electron chi connectivity index (χ2n) is 3.43. The van der Waals surface area contributed by atoms with Gasteiger partial charge in [0.1, 0.15) is 0 Å². The minimum Gasteiger partial charge on any atom is -0.453 e. The molecule has 2 aliphatic rings. The zero-order valence-electron chi connectivity index (χ0n) is 7.16. The highest BCUT2D eigenvalue weighted by atomic mass is 16.5. The molecule has 2 unspecified atom stereocenters. The molecular weight excluding hydrogens is 158 g/mol. The van der Waals surface area contributed by atoms with Gasteiger partial charge in [-0.1, -0.05) is 0 Å². The van der Waals surface area contributed by atoms with Gasteiger partial charge in [0.05, 0.1) is 20.3 Å². The van der Waals surface area contributed by atoms with Crippen molar-refractivity contribution in [1.82, 2.24) is 4.90 Å². The normalized spacial score (nSPS) is 33.6. The van der Waals surface area contributed by atoms with Crippen LogP contribution < -0.4 is 0 Å². The average Bonchev–Trinajstić information content (AvgIpc) is 2.60. The molecule has 4 heteroatoms. The van der Waals surface area contributed by atoms with Crippen molar-refractivity contribution in [3.63, 3.8) is 0 Å². The summed E-state index contributed by atoms with van der Waals surface area (Å²) in [6.45, 7) is 3.21. The smallest absolute Gasteiger partial charge is 0.409 e. The lowest BCUT2D eigenvalue weighted by Crippen LogP contribution is -2.29. The Morgan fingerprint density at radius 2 is 2.00 bits per heavy atom. The van der Waals surface area contributed by atoms with E-state index in [0.29, 0.717) is 11.8 Å². The van der Waals surface area contributed by atoms with E-state index in [4.69, 9.17) is 4.74 Å². The van der Waals surface area contributed by atoms with E-state index in [1.165, 1.54) is 7.11 Å². The first-order valence-electron chi connectivity index (χ1n) is 4.22. The highest BCUT2D eigenvalue weighted by molar-refractivity contribution is 5.67. The number of fused-ring (bicyclic) bond motifs is 1. The summed E-state index contributed by atoms with van der Waals surface area (Å²) in [5.41, 5.74) is 0. The predicted octanol–water partition coefficient (Wildman–Crippen LogP) is 0.331. The number of hydrogen-bond acceptors (Lipinski definition) is 3. The van der Waals surface area contributed by atoms with Gasteiger partial charge in [-0.05, 0) is 0 Å². The molecule has 0 aromatic heterocycles. The molecule has 12 heavy (non-hydrogen) atoms.